The van der Waals surface area contributed by atoms with Crippen LogP contribution in [0.15, 0.2) is 48.5 Å². The summed E-state index contributed by atoms with van der Waals surface area (Å²) in [5.74, 6) is 0.115. The van der Waals surface area contributed by atoms with Crippen LogP contribution in [0.25, 0.3) is 0 Å². The summed E-state index contributed by atoms with van der Waals surface area (Å²) < 4.78 is 0. The fraction of sp³-hybridized carbons (Fsp3) is 0.190. The number of aromatic nitrogens is 2. The molecule has 6 heteroatoms. The van der Waals surface area contributed by atoms with E-state index in [0.717, 1.165) is 11.3 Å². The van der Waals surface area contributed by atoms with E-state index in [4.69, 9.17) is 11.6 Å². The average Bonchev–Trinajstić information content (AvgIpc) is 2.63. The van der Waals surface area contributed by atoms with E-state index in [1.807, 2.05) is 50.2 Å². The third-order valence-corrected chi connectivity index (χ3v) is 4.62. The molecular formula is C21H21ClN4O. The number of amides is 1. The Morgan fingerprint density at radius 3 is 2.52 bits per heavy atom. The van der Waals surface area contributed by atoms with Crippen LogP contribution in [0.1, 0.15) is 32.9 Å². The Morgan fingerprint density at radius 1 is 1.00 bits per heavy atom. The van der Waals surface area contributed by atoms with Crippen LogP contribution in [0.5, 0.6) is 0 Å². The molecule has 0 aliphatic rings. The second kappa shape index (κ2) is 8.18. The molecule has 3 rings (SSSR count). The zero-order valence-electron chi connectivity index (χ0n) is 15.5. The van der Waals surface area contributed by atoms with Crippen molar-refractivity contribution in [1.29, 1.82) is 0 Å². The standard InChI is InChI=1S/C21H21ClN4O/c1-13-8-9-17(10-14(13)2)25-21-24-15(3)11-19(26-21)20(27)23-12-16-6-4-5-7-18(16)22/h4-11H,12H2,1-3H3,(H,23,27)(H,24,25,26). The monoisotopic (exact) mass is 380 g/mol. The zero-order valence-corrected chi connectivity index (χ0v) is 16.3. The van der Waals surface area contributed by atoms with E-state index in [9.17, 15) is 4.79 Å². The number of carbonyl (C=O) groups excluding carboxylic acids is 1. The number of anilines is 2. The minimum Gasteiger partial charge on any atom is -0.347 e. The van der Waals surface area contributed by atoms with Gasteiger partial charge in [-0.3, -0.25) is 4.79 Å². The van der Waals surface area contributed by atoms with Crippen molar-refractivity contribution in [1.82, 2.24) is 15.3 Å². The highest BCUT2D eigenvalue weighted by atomic mass is 35.5. The molecule has 5 nitrogen and oxygen atoms in total. The molecule has 2 N–H and O–H groups in total. The van der Waals surface area contributed by atoms with Crippen molar-refractivity contribution in [2.24, 2.45) is 0 Å². The average molecular weight is 381 g/mol. The highest BCUT2D eigenvalue weighted by Gasteiger charge is 2.11. The van der Waals surface area contributed by atoms with E-state index in [2.05, 4.69) is 27.5 Å². The maximum atomic E-state index is 12.5. The molecule has 27 heavy (non-hydrogen) atoms. The molecule has 0 aliphatic heterocycles. The van der Waals surface area contributed by atoms with Gasteiger partial charge in [0.15, 0.2) is 0 Å². The van der Waals surface area contributed by atoms with E-state index in [0.29, 0.717) is 28.9 Å². The number of benzene rings is 2. The summed E-state index contributed by atoms with van der Waals surface area (Å²) in [6.45, 7) is 6.27. The Bertz CT molecular complexity index is 988. The van der Waals surface area contributed by atoms with Crippen LogP contribution in [0.4, 0.5) is 11.6 Å². The van der Waals surface area contributed by atoms with Gasteiger partial charge in [0.1, 0.15) is 5.69 Å². The number of halogens is 1. The number of nitrogens with one attached hydrogen (secondary N) is 2. The lowest BCUT2D eigenvalue weighted by Crippen LogP contribution is -2.24. The molecule has 0 aliphatic carbocycles. The molecule has 1 heterocycles. The van der Waals surface area contributed by atoms with Gasteiger partial charge in [-0.05, 0) is 61.7 Å². The quantitative estimate of drug-likeness (QED) is 0.671. The van der Waals surface area contributed by atoms with Gasteiger partial charge >= 0.3 is 0 Å². The lowest BCUT2D eigenvalue weighted by atomic mass is 10.1. The lowest BCUT2D eigenvalue weighted by Gasteiger charge is -2.10. The molecule has 0 spiro atoms. The summed E-state index contributed by atoms with van der Waals surface area (Å²) in [7, 11) is 0. The molecule has 0 bridgehead atoms. The maximum Gasteiger partial charge on any atom is 0.270 e. The van der Waals surface area contributed by atoms with Gasteiger partial charge in [-0.2, -0.15) is 0 Å². The predicted octanol–water partition coefficient (Wildman–Crippen LogP) is 4.73. The van der Waals surface area contributed by atoms with Gasteiger partial charge in [0.25, 0.3) is 5.91 Å². The van der Waals surface area contributed by atoms with Crippen LogP contribution < -0.4 is 10.6 Å². The topological polar surface area (TPSA) is 66.9 Å². The molecule has 0 saturated carbocycles. The zero-order chi connectivity index (χ0) is 19.4. The highest BCUT2D eigenvalue weighted by Crippen LogP contribution is 2.18. The summed E-state index contributed by atoms with van der Waals surface area (Å²) >= 11 is 6.13. The molecule has 138 valence electrons. The first kappa shape index (κ1) is 18.9. The molecule has 1 aromatic heterocycles. The van der Waals surface area contributed by atoms with Gasteiger partial charge < -0.3 is 10.6 Å². The third-order valence-electron chi connectivity index (χ3n) is 4.25. The molecule has 1 amide bonds. The SMILES string of the molecule is Cc1cc(C(=O)NCc2ccccc2Cl)nc(Nc2ccc(C)c(C)c2)n1. The van der Waals surface area contributed by atoms with Crippen LogP contribution in [-0.4, -0.2) is 15.9 Å². The van der Waals surface area contributed by atoms with Crippen molar-refractivity contribution >= 4 is 29.1 Å². The molecule has 2 aromatic carbocycles. The Hall–Kier alpha value is -2.92. The maximum absolute atomic E-state index is 12.5. The van der Waals surface area contributed by atoms with E-state index >= 15 is 0 Å². The van der Waals surface area contributed by atoms with Gasteiger partial charge in [0.05, 0.1) is 0 Å². The second-order valence-electron chi connectivity index (χ2n) is 6.42. The summed E-state index contributed by atoms with van der Waals surface area (Å²) in [5, 5.41) is 6.64. The van der Waals surface area contributed by atoms with Gasteiger partial charge in [-0.15, -0.1) is 0 Å². The molecule has 0 fully saturated rings. The van der Waals surface area contributed by atoms with Gasteiger partial charge in [-0.1, -0.05) is 35.9 Å². The van der Waals surface area contributed by atoms with Crippen LogP contribution in [0, 0.1) is 20.8 Å². The molecule has 3 aromatic rings. The first-order valence-corrected chi connectivity index (χ1v) is 9.02. The Labute approximate surface area is 163 Å². The Kier molecular flexibility index (Phi) is 5.72. The van der Waals surface area contributed by atoms with Crippen LogP contribution >= 0.6 is 11.6 Å². The van der Waals surface area contributed by atoms with Gasteiger partial charge in [0.2, 0.25) is 5.95 Å². The molecule has 0 atom stereocenters. The van der Waals surface area contributed by atoms with E-state index < -0.39 is 0 Å². The van der Waals surface area contributed by atoms with Crippen molar-refractivity contribution in [2.75, 3.05) is 5.32 Å². The number of aryl methyl sites for hydroxylation is 3. The molecular weight excluding hydrogens is 360 g/mol. The Morgan fingerprint density at radius 2 is 1.78 bits per heavy atom. The first-order valence-electron chi connectivity index (χ1n) is 8.64. The minimum absolute atomic E-state index is 0.274. The second-order valence-corrected chi connectivity index (χ2v) is 6.82. The van der Waals surface area contributed by atoms with Crippen molar-refractivity contribution in [3.05, 3.63) is 81.6 Å². The smallest absolute Gasteiger partial charge is 0.270 e. The van der Waals surface area contributed by atoms with E-state index in [1.54, 1.807) is 12.1 Å². The number of carbonyl (C=O) groups is 1. The fourth-order valence-electron chi connectivity index (χ4n) is 2.60. The third kappa shape index (κ3) is 4.83. The van der Waals surface area contributed by atoms with Crippen LogP contribution in [0.2, 0.25) is 5.02 Å². The largest absolute Gasteiger partial charge is 0.347 e. The van der Waals surface area contributed by atoms with Crippen molar-refractivity contribution in [2.45, 2.75) is 27.3 Å². The van der Waals surface area contributed by atoms with Crippen LogP contribution in [-0.2, 0) is 6.54 Å². The summed E-state index contributed by atoms with van der Waals surface area (Å²) in [6.07, 6.45) is 0. The number of hydrogen-bond donors (Lipinski definition) is 2. The minimum atomic E-state index is -0.274. The lowest BCUT2D eigenvalue weighted by molar-refractivity contribution is 0.0946. The van der Waals surface area contributed by atoms with Crippen molar-refractivity contribution in [3.63, 3.8) is 0 Å². The summed E-state index contributed by atoms with van der Waals surface area (Å²) in [4.78, 5) is 21.2. The van der Waals surface area contributed by atoms with Crippen molar-refractivity contribution in [3.8, 4) is 0 Å². The normalized spacial score (nSPS) is 10.5. The van der Waals surface area contributed by atoms with E-state index in [1.165, 1.54) is 11.1 Å². The Balaban J connectivity index is 1.75. The van der Waals surface area contributed by atoms with E-state index in [-0.39, 0.29) is 5.91 Å². The number of hydrogen-bond acceptors (Lipinski definition) is 4. The highest BCUT2D eigenvalue weighted by molar-refractivity contribution is 6.31. The number of rotatable bonds is 5. The summed E-state index contributed by atoms with van der Waals surface area (Å²) in [6, 6.07) is 15.1. The summed E-state index contributed by atoms with van der Waals surface area (Å²) in [5.41, 5.74) is 5.13. The first-order chi connectivity index (χ1) is 12.9. The van der Waals surface area contributed by atoms with Gasteiger partial charge in [0, 0.05) is 22.9 Å². The molecule has 0 radical (unpaired) electrons. The molecule has 0 saturated heterocycles. The van der Waals surface area contributed by atoms with Crippen LogP contribution in [0.3, 0.4) is 0 Å². The fourth-order valence-corrected chi connectivity index (χ4v) is 2.80. The van der Waals surface area contributed by atoms with Crippen molar-refractivity contribution < 1.29 is 4.79 Å². The van der Waals surface area contributed by atoms with Gasteiger partial charge in [-0.25, -0.2) is 9.97 Å². The predicted molar refractivity (Wildman–Crippen MR) is 109 cm³/mol. The number of nitrogens with zero attached hydrogens (tertiary/aromatic N) is 2. The molecule has 0 unspecified atom stereocenters.